The van der Waals surface area contributed by atoms with Gasteiger partial charge in [0, 0.05) is 24.5 Å². The second-order valence-electron chi connectivity index (χ2n) is 5.85. The Kier molecular flexibility index (Phi) is 4.98. The van der Waals surface area contributed by atoms with Gasteiger partial charge in [-0.05, 0) is 25.1 Å². The van der Waals surface area contributed by atoms with Gasteiger partial charge in [-0.2, -0.15) is 0 Å². The number of nitrogens with one attached hydrogen (secondary N) is 1. The molecule has 3 rings (SSSR count). The Morgan fingerprint density at radius 2 is 1.43 bits per heavy atom. The van der Waals surface area contributed by atoms with Crippen molar-refractivity contribution in [1.29, 1.82) is 0 Å². The minimum Gasteiger partial charge on any atom is -0.276 e. The lowest BCUT2D eigenvalue weighted by Crippen LogP contribution is -2.15. The number of rotatable bonds is 5. The van der Waals surface area contributed by atoms with Crippen LogP contribution in [0.5, 0.6) is 0 Å². The van der Waals surface area contributed by atoms with Crippen molar-refractivity contribution in [3.63, 3.8) is 0 Å². The van der Waals surface area contributed by atoms with Crippen molar-refractivity contribution in [2.45, 2.75) is 16.7 Å². The van der Waals surface area contributed by atoms with Crippen LogP contribution in [0.15, 0.2) is 64.6 Å². The summed E-state index contributed by atoms with van der Waals surface area (Å²) < 4.78 is 92.3. The van der Waals surface area contributed by atoms with Gasteiger partial charge in [0.1, 0.15) is 10.7 Å². The van der Waals surface area contributed by atoms with Gasteiger partial charge in [-0.1, -0.05) is 17.7 Å². The van der Waals surface area contributed by atoms with Crippen molar-refractivity contribution < 1.29 is 30.0 Å². The van der Waals surface area contributed by atoms with Crippen molar-refractivity contribution >= 4 is 25.7 Å². The molecule has 1 N–H and O–H groups in total. The summed E-state index contributed by atoms with van der Waals surface area (Å²) in [5, 5.41) is 0. The zero-order valence-corrected chi connectivity index (χ0v) is 15.9. The molecule has 1 heterocycles. The van der Waals surface area contributed by atoms with E-state index in [1.165, 1.54) is 12.1 Å². The van der Waals surface area contributed by atoms with Gasteiger partial charge in [-0.25, -0.2) is 34.0 Å². The van der Waals surface area contributed by atoms with Crippen molar-refractivity contribution in [2.24, 2.45) is 0 Å². The number of hydrogen-bond donors (Lipinski definition) is 1. The molecule has 2 aromatic carbocycles. The molecule has 0 saturated heterocycles. The molecular weight excluding hydrogens is 417 g/mol. The Hall–Kier alpha value is -2.79. The van der Waals surface area contributed by atoms with Gasteiger partial charge >= 0.3 is 0 Å². The van der Waals surface area contributed by atoms with Gasteiger partial charge in [-0.3, -0.25) is 4.72 Å². The predicted octanol–water partition coefficient (Wildman–Crippen LogP) is 3.25. The minimum atomic E-state index is -4.46. The molecule has 0 aliphatic carbocycles. The van der Waals surface area contributed by atoms with Gasteiger partial charge in [-0.15, -0.1) is 0 Å². The molecule has 1 aromatic heterocycles. The topological polar surface area (TPSA) is 85.2 Å². The van der Waals surface area contributed by atoms with E-state index in [2.05, 4.69) is 0 Å². The quantitative estimate of drug-likeness (QED) is 0.630. The molecule has 0 atom stereocenters. The van der Waals surface area contributed by atoms with Crippen LogP contribution in [0.1, 0.15) is 5.56 Å². The number of halogens is 3. The summed E-state index contributed by atoms with van der Waals surface area (Å²) in [6, 6.07) is 7.43. The van der Waals surface area contributed by atoms with E-state index < -0.39 is 48.1 Å². The van der Waals surface area contributed by atoms with Crippen molar-refractivity contribution in [1.82, 2.24) is 3.97 Å². The molecule has 0 fully saturated rings. The first kappa shape index (κ1) is 20.0. The lowest BCUT2D eigenvalue weighted by molar-refractivity contribution is 0.496. The Labute approximate surface area is 159 Å². The minimum absolute atomic E-state index is 0.0581. The molecule has 11 heteroatoms. The number of sulfonamides is 1. The number of nitrogens with zero attached hydrogens (tertiary/aromatic N) is 1. The highest BCUT2D eigenvalue weighted by molar-refractivity contribution is 7.93. The van der Waals surface area contributed by atoms with E-state index in [9.17, 15) is 30.0 Å². The first-order valence-corrected chi connectivity index (χ1v) is 10.6. The standard InChI is InChI=1S/C17H13F3N2O4S2/c1-11-2-4-12(5-3-11)28(25,26)22-7-6-13(10-22)27(23,24)21-17-9-15(19)14(18)8-16(17)20/h2-10,21H,1H3. The van der Waals surface area contributed by atoms with Crippen LogP contribution in [-0.2, 0) is 20.0 Å². The maximum atomic E-state index is 13.7. The van der Waals surface area contributed by atoms with Crippen LogP contribution in [0.2, 0.25) is 0 Å². The van der Waals surface area contributed by atoms with E-state index in [0.29, 0.717) is 10.0 Å². The van der Waals surface area contributed by atoms with E-state index in [0.717, 1.165) is 24.0 Å². The number of anilines is 1. The fraction of sp³-hybridized carbons (Fsp3) is 0.0588. The van der Waals surface area contributed by atoms with Crippen molar-refractivity contribution in [3.05, 3.63) is 77.9 Å². The van der Waals surface area contributed by atoms with Crippen molar-refractivity contribution in [2.75, 3.05) is 4.72 Å². The molecule has 0 bridgehead atoms. The number of aromatic nitrogens is 1. The molecule has 0 aliphatic rings. The van der Waals surface area contributed by atoms with Crippen LogP contribution in [0, 0.1) is 24.4 Å². The van der Waals surface area contributed by atoms with Gasteiger partial charge in [0.2, 0.25) is 0 Å². The summed E-state index contributed by atoms with van der Waals surface area (Å²) in [5.74, 6) is -4.25. The Bertz CT molecular complexity index is 1250. The molecule has 0 aliphatic heterocycles. The van der Waals surface area contributed by atoms with Gasteiger partial charge in [0.15, 0.2) is 11.6 Å². The lowest BCUT2D eigenvalue weighted by Gasteiger charge is -2.08. The van der Waals surface area contributed by atoms with Crippen LogP contribution in [0.4, 0.5) is 18.9 Å². The average molecular weight is 430 g/mol. The largest absolute Gasteiger partial charge is 0.276 e. The highest BCUT2D eigenvalue weighted by atomic mass is 32.2. The van der Waals surface area contributed by atoms with Gasteiger partial charge in [0.25, 0.3) is 20.0 Å². The normalized spacial score (nSPS) is 12.1. The average Bonchev–Trinajstić information content (AvgIpc) is 3.12. The second kappa shape index (κ2) is 6.99. The van der Waals surface area contributed by atoms with Crippen molar-refractivity contribution in [3.8, 4) is 0 Å². The molecule has 0 radical (unpaired) electrons. The van der Waals surface area contributed by atoms with E-state index in [1.54, 1.807) is 23.8 Å². The molecule has 0 amide bonds. The van der Waals surface area contributed by atoms with Crippen LogP contribution in [0.3, 0.4) is 0 Å². The molecule has 0 spiro atoms. The van der Waals surface area contributed by atoms with E-state index in [1.807, 2.05) is 0 Å². The predicted molar refractivity (Wildman–Crippen MR) is 95.3 cm³/mol. The molecule has 0 unspecified atom stereocenters. The Morgan fingerprint density at radius 1 is 0.821 bits per heavy atom. The van der Waals surface area contributed by atoms with Gasteiger partial charge < -0.3 is 0 Å². The Morgan fingerprint density at radius 3 is 2.07 bits per heavy atom. The third-order valence-corrected chi connectivity index (χ3v) is 6.80. The zero-order valence-electron chi connectivity index (χ0n) is 14.2. The zero-order chi connectivity index (χ0) is 20.7. The maximum absolute atomic E-state index is 13.7. The van der Waals surface area contributed by atoms with E-state index in [4.69, 9.17) is 0 Å². The fourth-order valence-corrected chi connectivity index (χ4v) is 4.62. The van der Waals surface area contributed by atoms with Crippen LogP contribution in [-0.4, -0.2) is 20.8 Å². The molecule has 3 aromatic rings. The number of hydrogen-bond acceptors (Lipinski definition) is 4. The molecule has 6 nitrogen and oxygen atoms in total. The molecule has 148 valence electrons. The number of aryl methyl sites for hydroxylation is 1. The monoisotopic (exact) mass is 430 g/mol. The lowest BCUT2D eigenvalue weighted by atomic mass is 10.2. The summed E-state index contributed by atoms with van der Waals surface area (Å²) in [7, 11) is -8.51. The summed E-state index contributed by atoms with van der Waals surface area (Å²) in [6.07, 6.45) is 1.82. The number of benzene rings is 2. The third-order valence-electron chi connectivity index (χ3n) is 3.80. The van der Waals surface area contributed by atoms with E-state index >= 15 is 0 Å². The fourth-order valence-electron chi connectivity index (χ4n) is 2.30. The molecular formula is C17H13F3N2O4S2. The van der Waals surface area contributed by atoms with Crippen LogP contribution < -0.4 is 4.72 Å². The van der Waals surface area contributed by atoms with Crippen LogP contribution >= 0.6 is 0 Å². The van der Waals surface area contributed by atoms with E-state index in [-0.39, 0.29) is 11.0 Å². The summed E-state index contributed by atoms with van der Waals surface area (Å²) in [5.41, 5.74) is 0.0283. The third kappa shape index (κ3) is 3.76. The second-order valence-corrected chi connectivity index (χ2v) is 9.37. The van der Waals surface area contributed by atoms with Crippen LogP contribution in [0.25, 0.3) is 0 Å². The smallest absolute Gasteiger partial charge is 0.267 e. The summed E-state index contributed by atoms with van der Waals surface area (Å²) in [6.45, 7) is 1.78. The maximum Gasteiger partial charge on any atom is 0.267 e. The summed E-state index contributed by atoms with van der Waals surface area (Å²) >= 11 is 0. The first-order valence-electron chi connectivity index (χ1n) is 7.68. The molecule has 0 saturated carbocycles. The summed E-state index contributed by atoms with van der Waals surface area (Å²) in [4.78, 5) is -0.565. The Balaban J connectivity index is 1.94. The first-order chi connectivity index (χ1) is 13.0. The highest BCUT2D eigenvalue weighted by Crippen LogP contribution is 2.23. The SMILES string of the molecule is Cc1ccc(S(=O)(=O)n2ccc(S(=O)(=O)Nc3cc(F)c(F)cc3F)c2)cc1. The molecule has 28 heavy (non-hydrogen) atoms. The van der Waals surface area contributed by atoms with Gasteiger partial charge in [0.05, 0.1) is 10.6 Å². The highest BCUT2D eigenvalue weighted by Gasteiger charge is 2.23.